The summed E-state index contributed by atoms with van der Waals surface area (Å²) >= 11 is 0. The van der Waals surface area contributed by atoms with Crippen molar-refractivity contribution in [3.05, 3.63) is 35.8 Å². The van der Waals surface area contributed by atoms with Crippen molar-refractivity contribution in [2.24, 2.45) is 5.41 Å². The lowest BCUT2D eigenvalue weighted by Crippen LogP contribution is -2.46. The van der Waals surface area contributed by atoms with Crippen molar-refractivity contribution in [2.75, 3.05) is 26.3 Å². The minimum Gasteiger partial charge on any atom is -0.394 e. The van der Waals surface area contributed by atoms with E-state index in [-0.39, 0.29) is 23.7 Å². The number of nitrogens with one attached hydrogen (secondary N) is 1. The van der Waals surface area contributed by atoms with E-state index in [1.54, 1.807) is 4.90 Å². The number of aromatic amines is 1. The zero-order chi connectivity index (χ0) is 18.3. The SMILES string of the molecule is O=C(C(=O)N1CCC2(CC1)COC(CO)C2)c1c[nH]c2cc(F)ccc12. The van der Waals surface area contributed by atoms with Crippen LogP contribution in [-0.4, -0.2) is 59.1 Å². The van der Waals surface area contributed by atoms with Crippen LogP contribution in [0.3, 0.4) is 0 Å². The monoisotopic (exact) mass is 360 g/mol. The molecule has 6 nitrogen and oxygen atoms in total. The lowest BCUT2D eigenvalue weighted by molar-refractivity contribution is -0.128. The van der Waals surface area contributed by atoms with Gasteiger partial charge in [0.05, 0.1) is 24.9 Å². The second kappa shape index (κ2) is 6.48. The highest BCUT2D eigenvalue weighted by molar-refractivity contribution is 6.44. The number of aromatic nitrogens is 1. The Morgan fingerprint density at radius 3 is 2.81 bits per heavy atom. The van der Waals surface area contributed by atoms with Gasteiger partial charge in [-0.3, -0.25) is 9.59 Å². The number of fused-ring (bicyclic) bond motifs is 1. The van der Waals surface area contributed by atoms with E-state index in [1.165, 1.54) is 24.4 Å². The molecule has 0 radical (unpaired) electrons. The molecule has 1 spiro atoms. The first-order valence-electron chi connectivity index (χ1n) is 8.84. The number of carbonyl (C=O) groups excluding carboxylic acids is 2. The summed E-state index contributed by atoms with van der Waals surface area (Å²) in [5, 5.41) is 9.79. The highest BCUT2D eigenvalue weighted by Gasteiger charge is 2.43. The maximum absolute atomic E-state index is 13.3. The maximum Gasteiger partial charge on any atom is 0.295 e. The minimum atomic E-state index is -0.574. The van der Waals surface area contributed by atoms with Gasteiger partial charge in [-0.25, -0.2) is 4.39 Å². The van der Waals surface area contributed by atoms with Crippen molar-refractivity contribution in [3.63, 3.8) is 0 Å². The number of rotatable bonds is 3. The summed E-state index contributed by atoms with van der Waals surface area (Å²) in [6, 6.07) is 4.09. The van der Waals surface area contributed by atoms with Gasteiger partial charge in [0.15, 0.2) is 0 Å². The number of benzene rings is 1. The molecule has 138 valence electrons. The molecule has 2 fully saturated rings. The molecule has 2 aliphatic heterocycles. The van der Waals surface area contributed by atoms with Crippen molar-refractivity contribution in [2.45, 2.75) is 25.4 Å². The average molecular weight is 360 g/mol. The number of ketones is 1. The summed E-state index contributed by atoms with van der Waals surface area (Å²) in [7, 11) is 0. The van der Waals surface area contributed by atoms with Crippen LogP contribution in [0.15, 0.2) is 24.4 Å². The molecule has 1 amide bonds. The van der Waals surface area contributed by atoms with Crippen molar-refractivity contribution in [1.29, 1.82) is 0 Å². The van der Waals surface area contributed by atoms with Crippen LogP contribution in [0, 0.1) is 11.2 Å². The molecule has 2 saturated heterocycles. The van der Waals surface area contributed by atoms with E-state index in [0.717, 1.165) is 19.3 Å². The van der Waals surface area contributed by atoms with Gasteiger partial charge in [0, 0.05) is 30.2 Å². The highest BCUT2D eigenvalue weighted by atomic mass is 19.1. The van der Waals surface area contributed by atoms with E-state index < -0.39 is 17.5 Å². The van der Waals surface area contributed by atoms with Gasteiger partial charge < -0.3 is 19.7 Å². The number of hydrogen-bond donors (Lipinski definition) is 2. The Balaban J connectivity index is 1.45. The standard InChI is InChI=1S/C19H21FN2O4/c20-12-1-2-14-15(9-21-16(14)7-12)17(24)18(25)22-5-3-19(4-6-22)8-13(10-23)26-11-19/h1-2,7,9,13,21,23H,3-6,8,10-11H2. The second-order valence-electron chi connectivity index (χ2n) is 7.33. The topological polar surface area (TPSA) is 82.6 Å². The van der Waals surface area contributed by atoms with Crippen molar-refractivity contribution >= 4 is 22.6 Å². The molecular weight excluding hydrogens is 339 g/mol. The Bertz CT molecular complexity index is 854. The third-order valence-corrected chi connectivity index (χ3v) is 5.68. The lowest BCUT2D eigenvalue weighted by atomic mass is 9.76. The van der Waals surface area contributed by atoms with Gasteiger partial charge in [0.25, 0.3) is 11.7 Å². The van der Waals surface area contributed by atoms with Crippen molar-refractivity contribution in [1.82, 2.24) is 9.88 Å². The summed E-state index contributed by atoms with van der Waals surface area (Å²) in [6.45, 7) is 1.62. The van der Waals surface area contributed by atoms with Gasteiger partial charge in [-0.1, -0.05) is 0 Å². The number of Topliss-reactive ketones (excluding diaryl/α,β-unsaturated/α-hetero) is 1. The van der Waals surface area contributed by atoms with Crippen LogP contribution in [0.1, 0.15) is 29.6 Å². The molecule has 4 rings (SSSR count). The van der Waals surface area contributed by atoms with E-state index in [4.69, 9.17) is 4.74 Å². The zero-order valence-electron chi connectivity index (χ0n) is 14.3. The largest absolute Gasteiger partial charge is 0.394 e. The van der Waals surface area contributed by atoms with Crippen LogP contribution in [0.25, 0.3) is 10.9 Å². The number of aliphatic hydroxyl groups is 1. The van der Waals surface area contributed by atoms with Crippen LogP contribution in [0.4, 0.5) is 4.39 Å². The number of halogens is 1. The molecule has 2 aliphatic rings. The van der Waals surface area contributed by atoms with Crippen LogP contribution in [-0.2, 0) is 9.53 Å². The molecular formula is C19H21FN2O4. The summed E-state index contributed by atoms with van der Waals surface area (Å²) in [4.78, 5) is 29.7. The number of amides is 1. The number of ether oxygens (including phenoxy) is 1. The van der Waals surface area contributed by atoms with Gasteiger partial charge in [-0.15, -0.1) is 0 Å². The van der Waals surface area contributed by atoms with E-state index in [0.29, 0.717) is 30.6 Å². The number of likely N-dealkylation sites (tertiary alicyclic amines) is 1. The van der Waals surface area contributed by atoms with Gasteiger partial charge in [-0.2, -0.15) is 0 Å². The van der Waals surface area contributed by atoms with Gasteiger partial charge in [-0.05, 0) is 42.9 Å². The van der Waals surface area contributed by atoms with Crippen LogP contribution in [0.2, 0.25) is 0 Å². The normalized spacial score (nSPS) is 22.2. The molecule has 1 aromatic heterocycles. The molecule has 0 saturated carbocycles. The summed E-state index contributed by atoms with van der Waals surface area (Å²) < 4.78 is 18.9. The summed E-state index contributed by atoms with van der Waals surface area (Å²) in [6.07, 6.45) is 3.67. The van der Waals surface area contributed by atoms with Gasteiger partial charge in [0.2, 0.25) is 0 Å². The first-order chi connectivity index (χ1) is 12.5. The van der Waals surface area contributed by atoms with Crippen molar-refractivity contribution < 1.29 is 23.8 Å². The number of carbonyl (C=O) groups is 2. The average Bonchev–Trinajstić information content (AvgIpc) is 3.25. The molecule has 3 heterocycles. The smallest absolute Gasteiger partial charge is 0.295 e. The fraction of sp³-hybridized carbons (Fsp3) is 0.474. The predicted molar refractivity (Wildman–Crippen MR) is 92.3 cm³/mol. The minimum absolute atomic E-state index is 0.00549. The first-order valence-corrected chi connectivity index (χ1v) is 8.84. The Kier molecular flexibility index (Phi) is 4.28. The fourth-order valence-electron chi connectivity index (χ4n) is 4.09. The fourth-order valence-corrected chi connectivity index (χ4v) is 4.09. The van der Waals surface area contributed by atoms with E-state index in [2.05, 4.69) is 4.98 Å². The number of piperidine rings is 1. The number of H-pyrrole nitrogens is 1. The third kappa shape index (κ3) is 2.91. The summed E-state index contributed by atoms with van der Waals surface area (Å²) in [5.41, 5.74) is 0.776. The Labute approximate surface area is 149 Å². The van der Waals surface area contributed by atoms with E-state index in [9.17, 15) is 19.1 Å². The molecule has 0 bridgehead atoms. The number of hydrogen-bond acceptors (Lipinski definition) is 4. The van der Waals surface area contributed by atoms with Crippen LogP contribution in [0.5, 0.6) is 0 Å². The number of aliphatic hydroxyl groups excluding tert-OH is 1. The Morgan fingerprint density at radius 1 is 1.35 bits per heavy atom. The highest BCUT2D eigenvalue weighted by Crippen LogP contribution is 2.41. The Morgan fingerprint density at radius 2 is 2.12 bits per heavy atom. The molecule has 26 heavy (non-hydrogen) atoms. The summed E-state index contributed by atoms with van der Waals surface area (Å²) in [5.74, 6) is -1.50. The maximum atomic E-state index is 13.3. The molecule has 0 aliphatic carbocycles. The Hall–Kier alpha value is -2.25. The molecule has 1 unspecified atom stereocenters. The predicted octanol–water partition coefficient (Wildman–Crippen LogP) is 1.88. The second-order valence-corrected chi connectivity index (χ2v) is 7.33. The lowest BCUT2D eigenvalue weighted by Gasteiger charge is -2.38. The number of nitrogens with zero attached hydrogens (tertiary/aromatic N) is 1. The van der Waals surface area contributed by atoms with E-state index >= 15 is 0 Å². The molecule has 2 aromatic rings. The van der Waals surface area contributed by atoms with Crippen molar-refractivity contribution in [3.8, 4) is 0 Å². The van der Waals surface area contributed by atoms with Crippen LogP contribution < -0.4 is 0 Å². The van der Waals surface area contributed by atoms with Gasteiger partial charge >= 0.3 is 0 Å². The molecule has 1 atom stereocenters. The zero-order valence-corrected chi connectivity index (χ0v) is 14.3. The third-order valence-electron chi connectivity index (χ3n) is 5.68. The molecule has 2 N–H and O–H groups in total. The quantitative estimate of drug-likeness (QED) is 0.647. The van der Waals surface area contributed by atoms with Gasteiger partial charge in [0.1, 0.15) is 5.82 Å². The van der Waals surface area contributed by atoms with Crippen LogP contribution >= 0.6 is 0 Å². The first kappa shape index (κ1) is 17.2. The molecule has 1 aromatic carbocycles. The molecule has 7 heteroatoms. The van der Waals surface area contributed by atoms with E-state index in [1.807, 2.05) is 0 Å².